The Morgan fingerprint density at radius 2 is 1.95 bits per heavy atom. The van der Waals surface area contributed by atoms with Gasteiger partial charge in [-0.3, -0.25) is 4.79 Å². The van der Waals surface area contributed by atoms with Crippen LogP contribution < -0.4 is 11.1 Å². The predicted molar refractivity (Wildman–Crippen MR) is 73.7 cm³/mol. The first-order valence-electron chi connectivity index (χ1n) is 6.64. The first-order chi connectivity index (χ1) is 9.92. The zero-order valence-corrected chi connectivity index (χ0v) is 11.6. The lowest BCUT2D eigenvalue weighted by Crippen LogP contribution is -2.15. The summed E-state index contributed by atoms with van der Waals surface area (Å²) in [6.07, 6.45) is -4.62. The lowest BCUT2D eigenvalue weighted by molar-refractivity contribution is -0.145. The van der Waals surface area contributed by atoms with Gasteiger partial charge in [-0.05, 0) is 18.1 Å². The third kappa shape index (κ3) is 7.67. The van der Waals surface area contributed by atoms with E-state index < -0.39 is 12.6 Å². The minimum Gasteiger partial charge on any atom is -0.381 e. The van der Waals surface area contributed by atoms with Crippen LogP contribution in [0, 0.1) is 0 Å². The van der Waals surface area contributed by atoms with Crippen molar-refractivity contribution in [2.45, 2.75) is 32.0 Å². The van der Waals surface area contributed by atoms with Crippen LogP contribution in [0.1, 0.15) is 24.8 Å². The number of alkyl halides is 3. The Morgan fingerprint density at radius 3 is 2.62 bits per heavy atom. The summed E-state index contributed by atoms with van der Waals surface area (Å²) in [7, 11) is 0. The first kappa shape index (κ1) is 17.5. The number of rotatable bonds is 8. The van der Waals surface area contributed by atoms with Gasteiger partial charge in [-0.25, -0.2) is 0 Å². The van der Waals surface area contributed by atoms with Gasteiger partial charge in [0.1, 0.15) is 0 Å². The minimum atomic E-state index is -4.21. The summed E-state index contributed by atoms with van der Waals surface area (Å²) >= 11 is 0. The van der Waals surface area contributed by atoms with Crippen LogP contribution in [0.3, 0.4) is 0 Å². The Bertz CT molecular complexity index is 450. The van der Waals surface area contributed by atoms with Crippen LogP contribution in [0.4, 0.5) is 18.9 Å². The molecule has 3 N–H and O–H groups in total. The van der Waals surface area contributed by atoms with E-state index in [0.29, 0.717) is 18.7 Å². The van der Waals surface area contributed by atoms with Gasteiger partial charge >= 0.3 is 6.18 Å². The van der Waals surface area contributed by atoms with E-state index >= 15 is 0 Å². The van der Waals surface area contributed by atoms with Gasteiger partial charge in [-0.1, -0.05) is 18.2 Å². The molecule has 0 aliphatic heterocycles. The number of amides is 1. The number of carbonyl (C=O) groups excluding carboxylic acids is 1. The van der Waals surface area contributed by atoms with E-state index in [1.165, 1.54) is 0 Å². The van der Waals surface area contributed by atoms with Gasteiger partial charge in [0.05, 0.1) is 13.0 Å². The predicted octanol–water partition coefficient (Wildman–Crippen LogP) is 2.83. The molecule has 0 fully saturated rings. The molecule has 1 amide bonds. The lowest BCUT2D eigenvalue weighted by atomic mass is 10.1. The molecule has 0 radical (unpaired) electrons. The zero-order valence-electron chi connectivity index (χ0n) is 11.6. The van der Waals surface area contributed by atoms with Crippen molar-refractivity contribution in [1.82, 2.24) is 0 Å². The van der Waals surface area contributed by atoms with Crippen LogP contribution in [-0.4, -0.2) is 25.3 Å². The van der Waals surface area contributed by atoms with E-state index in [1.807, 2.05) is 12.1 Å². The Morgan fingerprint density at radius 1 is 1.24 bits per heavy atom. The number of nitrogens with two attached hydrogens (primary N) is 1. The zero-order chi connectivity index (χ0) is 15.7. The normalized spacial score (nSPS) is 11.4. The largest absolute Gasteiger partial charge is 0.391 e. The van der Waals surface area contributed by atoms with E-state index in [9.17, 15) is 18.0 Å². The highest BCUT2D eigenvalue weighted by Gasteiger charge is 2.26. The molecule has 0 bridgehead atoms. The fourth-order valence-corrected chi connectivity index (χ4v) is 1.66. The van der Waals surface area contributed by atoms with Gasteiger partial charge in [0.2, 0.25) is 5.91 Å². The second-order valence-corrected chi connectivity index (χ2v) is 4.49. The molecule has 1 rings (SSSR count). The number of anilines is 1. The molecule has 0 aromatic heterocycles. The van der Waals surface area contributed by atoms with Crippen molar-refractivity contribution in [2.75, 3.05) is 18.5 Å². The molecule has 0 aliphatic rings. The Balaban J connectivity index is 2.20. The molecule has 0 unspecified atom stereocenters. The summed E-state index contributed by atoms with van der Waals surface area (Å²) in [5.74, 6) is -0.213. The molecule has 1 aromatic rings. The topological polar surface area (TPSA) is 64.3 Å². The average molecular weight is 304 g/mol. The van der Waals surface area contributed by atoms with Crippen molar-refractivity contribution >= 4 is 11.6 Å². The highest BCUT2D eigenvalue weighted by molar-refractivity contribution is 5.91. The van der Waals surface area contributed by atoms with Crippen LogP contribution in [-0.2, 0) is 16.1 Å². The number of hydrogen-bond acceptors (Lipinski definition) is 3. The molecule has 118 valence electrons. The van der Waals surface area contributed by atoms with E-state index in [-0.39, 0.29) is 25.5 Å². The van der Waals surface area contributed by atoms with Crippen molar-refractivity contribution in [2.24, 2.45) is 5.73 Å². The van der Waals surface area contributed by atoms with Crippen molar-refractivity contribution in [3.05, 3.63) is 29.8 Å². The molecule has 0 heterocycles. The minimum absolute atomic E-state index is 0.127. The van der Waals surface area contributed by atoms with Crippen molar-refractivity contribution in [3.8, 4) is 0 Å². The summed E-state index contributed by atoms with van der Waals surface area (Å²) < 4.78 is 40.4. The van der Waals surface area contributed by atoms with Crippen molar-refractivity contribution in [3.63, 3.8) is 0 Å². The van der Waals surface area contributed by atoms with Crippen LogP contribution in [0.2, 0.25) is 0 Å². The van der Waals surface area contributed by atoms with E-state index in [0.717, 1.165) is 5.56 Å². The Kier molecular flexibility index (Phi) is 7.18. The molecule has 0 aliphatic carbocycles. The molecule has 0 spiro atoms. The number of nitrogens with one attached hydrogen (secondary N) is 1. The van der Waals surface area contributed by atoms with Crippen LogP contribution in [0.5, 0.6) is 0 Å². The molecular formula is C14H19F3N2O2. The summed E-state index contributed by atoms with van der Waals surface area (Å²) in [4.78, 5) is 11.7. The summed E-state index contributed by atoms with van der Waals surface area (Å²) in [6.45, 7) is 0.0696. The maximum Gasteiger partial charge on any atom is 0.391 e. The number of halogens is 3. The molecule has 4 nitrogen and oxygen atoms in total. The summed E-state index contributed by atoms with van der Waals surface area (Å²) in [5, 5.41) is 2.72. The summed E-state index contributed by atoms with van der Waals surface area (Å²) in [6, 6.07) is 7.18. The quantitative estimate of drug-likeness (QED) is 0.726. The molecule has 0 saturated carbocycles. The molecule has 0 atom stereocenters. The highest BCUT2D eigenvalue weighted by Crippen LogP contribution is 2.19. The van der Waals surface area contributed by atoms with E-state index in [4.69, 9.17) is 10.5 Å². The van der Waals surface area contributed by atoms with Crippen molar-refractivity contribution in [1.29, 1.82) is 0 Å². The van der Waals surface area contributed by atoms with E-state index in [2.05, 4.69) is 5.32 Å². The number of hydrogen-bond donors (Lipinski definition) is 2. The SMILES string of the molecule is NCc1ccccc1NC(=O)CCCOCCC(F)(F)F. The van der Waals surface area contributed by atoms with Gasteiger partial charge in [0.15, 0.2) is 0 Å². The maximum atomic E-state index is 11.9. The maximum absolute atomic E-state index is 11.9. The van der Waals surface area contributed by atoms with E-state index in [1.54, 1.807) is 12.1 Å². The van der Waals surface area contributed by atoms with Crippen LogP contribution in [0.15, 0.2) is 24.3 Å². The van der Waals surface area contributed by atoms with Gasteiger partial charge in [-0.2, -0.15) is 13.2 Å². The second kappa shape index (κ2) is 8.63. The van der Waals surface area contributed by atoms with Crippen LogP contribution in [0.25, 0.3) is 0 Å². The number of ether oxygens (including phenoxy) is 1. The molecule has 7 heteroatoms. The van der Waals surface area contributed by atoms with Gasteiger partial charge < -0.3 is 15.8 Å². The van der Waals surface area contributed by atoms with Gasteiger partial charge in [0.25, 0.3) is 0 Å². The van der Waals surface area contributed by atoms with Gasteiger partial charge in [-0.15, -0.1) is 0 Å². The third-order valence-electron chi connectivity index (χ3n) is 2.73. The smallest absolute Gasteiger partial charge is 0.381 e. The van der Waals surface area contributed by atoms with Gasteiger partial charge in [0, 0.05) is 25.3 Å². The van der Waals surface area contributed by atoms with Crippen molar-refractivity contribution < 1.29 is 22.7 Å². The second-order valence-electron chi connectivity index (χ2n) is 4.49. The Labute approximate surface area is 121 Å². The molecule has 0 saturated heterocycles. The van der Waals surface area contributed by atoms with Crippen LogP contribution >= 0.6 is 0 Å². The third-order valence-corrected chi connectivity index (χ3v) is 2.73. The first-order valence-corrected chi connectivity index (χ1v) is 6.64. The Hall–Kier alpha value is -1.60. The monoisotopic (exact) mass is 304 g/mol. The average Bonchev–Trinajstić information content (AvgIpc) is 2.42. The number of para-hydroxylation sites is 1. The highest BCUT2D eigenvalue weighted by atomic mass is 19.4. The number of carbonyl (C=O) groups is 1. The fraction of sp³-hybridized carbons (Fsp3) is 0.500. The fourth-order valence-electron chi connectivity index (χ4n) is 1.66. The molecule has 21 heavy (non-hydrogen) atoms. The number of benzene rings is 1. The standard InChI is InChI=1S/C14H19F3N2O2/c15-14(16,17)7-9-21-8-3-6-13(20)19-12-5-2-1-4-11(12)10-18/h1-2,4-5H,3,6-10,18H2,(H,19,20). The molecule has 1 aromatic carbocycles. The lowest BCUT2D eigenvalue weighted by Gasteiger charge is -2.10. The summed E-state index contributed by atoms with van der Waals surface area (Å²) in [5.41, 5.74) is 7.03. The molecular weight excluding hydrogens is 285 g/mol.